The first-order chi connectivity index (χ1) is 22.4. The van der Waals surface area contributed by atoms with Gasteiger partial charge in [0, 0.05) is 44.2 Å². The Hall–Kier alpha value is -4.98. The fourth-order valence-corrected chi connectivity index (χ4v) is 4.25. The van der Waals surface area contributed by atoms with Gasteiger partial charge in [-0.1, -0.05) is 12.8 Å². The molecule has 46 heavy (non-hydrogen) atoms. The van der Waals surface area contributed by atoms with Crippen molar-refractivity contribution in [3.63, 3.8) is 0 Å². The topological polar surface area (TPSA) is 172 Å². The second-order valence-corrected chi connectivity index (χ2v) is 10.2. The third-order valence-corrected chi connectivity index (χ3v) is 6.62. The zero-order chi connectivity index (χ0) is 33.0. The van der Waals surface area contributed by atoms with E-state index < -0.39 is 12.1 Å². The van der Waals surface area contributed by atoms with Crippen LogP contribution in [0.5, 0.6) is 5.75 Å². The number of alkyl carbamates (subject to hydrolysis) is 1. The van der Waals surface area contributed by atoms with Gasteiger partial charge in [0.05, 0.1) is 24.5 Å². The lowest BCUT2D eigenvalue weighted by Gasteiger charge is -2.23. The second kappa shape index (κ2) is 20.1. The number of hydrogen-bond acceptors (Lipinski definition) is 10. The van der Waals surface area contributed by atoms with Crippen LogP contribution in [0, 0.1) is 6.92 Å². The molecule has 3 amide bonds. The molecule has 14 heteroatoms. The minimum Gasteiger partial charge on any atom is -0.491 e. The van der Waals surface area contributed by atoms with Crippen molar-refractivity contribution in [2.45, 2.75) is 39.5 Å². The monoisotopic (exact) mass is 636 g/mol. The highest BCUT2D eigenvalue weighted by Gasteiger charge is 2.08. The average Bonchev–Trinajstić information content (AvgIpc) is 3.04. The Bertz CT molecular complexity index is 1430. The number of aryl methyl sites for hydroxylation is 1. The quantitative estimate of drug-likeness (QED) is 0.0993. The van der Waals surface area contributed by atoms with Crippen LogP contribution in [0.15, 0.2) is 69.6 Å². The van der Waals surface area contributed by atoms with Gasteiger partial charge in [0.2, 0.25) is 5.95 Å². The van der Waals surface area contributed by atoms with Crippen molar-refractivity contribution in [2.75, 3.05) is 63.3 Å². The maximum absolute atomic E-state index is 12.1. The summed E-state index contributed by atoms with van der Waals surface area (Å²) >= 11 is 0. The number of rotatable bonds is 19. The highest BCUT2D eigenvalue weighted by Crippen LogP contribution is 2.23. The van der Waals surface area contributed by atoms with E-state index in [1.165, 1.54) is 6.07 Å². The number of unbranched alkanes of at least 4 members (excludes halogenated alkanes) is 3. The van der Waals surface area contributed by atoms with Crippen LogP contribution in [0.1, 0.15) is 38.3 Å². The number of hydrogen-bond donors (Lipinski definition) is 4. The maximum Gasteiger partial charge on any atom is 0.407 e. The van der Waals surface area contributed by atoms with Crippen LogP contribution < -0.4 is 31.1 Å². The number of nitrogens with one attached hydrogen (secondary N) is 4. The SMILES string of the molecule is CCN(CCOC(=O)NCCCCCCNC(=O)Nc1nc(C)cc(=O)[nH]1)c1ccc(N=Nc2ccc(OCCOC)cc2)cc1. The molecular weight excluding hydrogens is 592 g/mol. The Balaban J connectivity index is 1.24. The molecule has 1 heterocycles. The van der Waals surface area contributed by atoms with E-state index in [9.17, 15) is 14.4 Å². The van der Waals surface area contributed by atoms with E-state index in [2.05, 4.69) is 41.0 Å². The number of methoxy groups -OCH3 is 1. The van der Waals surface area contributed by atoms with E-state index in [-0.39, 0.29) is 18.1 Å². The van der Waals surface area contributed by atoms with Crippen molar-refractivity contribution >= 4 is 35.1 Å². The number of H-pyrrole nitrogens is 1. The van der Waals surface area contributed by atoms with Gasteiger partial charge in [0.1, 0.15) is 19.0 Å². The molecule has 14 nitrogen and oxygen atoms in total. The Labute approximate surface area is 269 Å². The van der Waals surface area contributed by atoms with Gasteiger partial charge in [-0.3, -0.25) is 15.1 Å². The number of likely N-dealkylation sites (N-methyl/N-ethyl adjacent to an activating group) is 1. The van der Waals surface area contributed by atoms with Crippen molar-refractivity contribution in [3.8, 4) is 5.75 Å². The number of aromatic nitrogens is 2. The number of carbonyl (C=O) groups is 2. The Morgan fingerprint density at radius 1 is 0.891 bits per heavy atom. The number of benzene rings is 2. The van der Waals surface area contributed by atoms with Gasteiger partial charge in [-0.2, -0.15) is 10.2 Å². The molecule has 0 spiro atoms. The lowest BCUT2D eigenvalue weighted by atomic mass is 10.2. The van der Waals surface area contributed by atoms with Crippen LogP contribution in [0.25, 0.3) is 0 Å². The average molecular weight is 637 g/mol. The molecule has 0 bridgehead atoms. The summed E-state index contributed by atoms with van der Waals surface area (Å²) in [4.78, 5) is 44.1. The summed E-state index contributed by atoms with van der Waals surface area (Å²) in [6.07, 6.45) is 2.93. The normalized spacial score (nSPS) is 10.8. The smallest absolute Gasteiger partial charge is 0.407 e. The molecule has 3 rings (SSSR count). The van der Waals surface area contributed by atoms with Crippen LogP contribution in [-0.4, -0.2) is 75.2 Å². The Kier molecular flexibility index (Phi) is 15.5. The number of nitrogens with zero attached hydrogens (tertiary/aromatic N) is 4. The highest BCUT2D eigenvalue weighted by molar-refractivity contribution is 5.87. The molecule has 0 radical (unpaired) electrons. The van der Waals surface area contributed by atoms with Gasteiger partial charge < -0.3 is 29.7 Å². The largest absolute Gasteiger partial charge is 0.491 e. The number of urea groups is 1. The standard InChI is InChI=1S/C32H44N8O6/c1-4-40(27-13-9-25(10-14-27)38-39-26-11-15-28(16-12-26)45-22-21-44-3)19-20-46-32(43)34-18-8-6-5-7-17-33-31(42)37-30-35-24(2)23-29(41)36-30/h9-16,23H,4-8,17-22H2,1-3H3,(H,34,43)(H3,33,35,36,37,41,42). The molecule has 0 saturated carbocycles. The van der Waals surface area contributed by atoms with Gasteiger partial charge in [0.25, 0.3) is 5.56 Å². The molecular formula is C32H44N8O6. The predicted octanol–water partition coefficient (Wildman–Crippen LogP) is 5.45. The molecule has 0 fully saturated rings. The summed E-state index contributed by atoms with van der Waals surface area (Å²) in [7, 11) is 1.63. The van der Waals surface area contributed by atoms with Crippen molar-refractivity contribution in [2.24, 2.45) is 10.2 Å². The molecule has 0 aliphatic heterocycles. The fraction of sp³-hybridized carbons (Fsp3) is 0.438. The van der Waals surface area contributed by atoms with Gasteiger partial charge >= 0.3 is 12.1 Å². The highest BCUT2D eigenvalue weighted by atomic mass is 16.5. The summed E-state index contributed by atoms with van der Waals surface area (Å²) in [6.45, 7) is 7.30. The number of aromatic amines is 1. The summed E-state index contributed by atoms with van der Waals surface area (Å²) in [5.74, 6) is 0.863. The molecule has 248 valence electrons. The van der Waals surface area contributed by atoms with Crippen molar-refractivity contribution in [1.29, 1.82) is 0 Å². The number of anilines is 2. The van der Waals surface area contributed by atoms with Crippen LogP contribution >= 0.6 is 0 Å². The van der Waals surface area contributed by atoms with Gasteiger partial charge in [-0.15, -0.1) is 0 Å². The Morgan fingerprint density at radius 3 is 2.17 bits per heavy atom. The zero-order valence-electron chi connectivity index (χ0n) is 26.7. The predicted molar refractivity (Wildman–Crippen MR) is 177 cm³/mol. The minimum absolute atomic E-state index is 0.111. The van der Waals surface area contributed by atoms with Crippen LogP contribution in [0.2, 0.25) is 0 Å². The number of ether oxygens (including phenoxy) is 3. The third-order valence-electron chi connectivity index (χ3n) is 6.62. The molecule has 0 unspecified atom stereocenters. The molecule has 3 aromatic rings. The molecule has 0 saturated heterocycles. The molecule has 0 atom stereocenters. The molecule has 4 N–H and O–H groups in total. The zero-order valence-corrected chi connectivity index (χ0v) is 26.7. The Morgan fingerprint density at radius 2 is 1.54 bits per heavy atom. The summed E-state index contributed by atoms with van der Waals surface area (Å²) in [6, 6.07) is 16.0. The first-order valence-corrected chi connectivity index (χ1v) is 15.4. The van der Waals surface area contributed by atoms with E-state index in [1.807, 2.05) is 55.5 Å². The lowest BCUT2D eigenvalue weighted by Crippen LogP contribution is -2.31. The van der Waals surface area contributed by atoms with Crippen LogP contribution in [0.4, 0.5) is 32.6 Å². The minimum atomic E-state index is -0.442. The van der Waals surface area contributed by atoms with Gasteiger partial charge in [0.15, 0.2) is 0 Å². The van der Waals surface area contributed by atoms with E-state index in [0.717, 1.165) is 55.0 Å². The molecule has 2 aromatic carbocycles. The maximum atomic E-state index is 12.1. The first-order valence-electron chi connectivity index (χ1n) is 15.4. The fourth-order valence-electron chi connectivity index (χ4n) is 4.25. The van der Waals surface area contributed by atoms with Crippen LogP contribution in [0.3, 0.4) is 0 Å². The summed E-state index contributed by atoms with van der Waals surface area (Å²) < 4.78 is 15.9. The summed E-state index contributed by atoms with van der Waals surface area (Å²) in [5.41, 5.74) is 2.64. The summed E-state index contributed by atoms with van der Waals surface area (Å²) in [5, 5.41) is 16.6. The van der Waals surface area contributed by atoms with Crippen LogP contribution in [-0.2, 0) is 9.47 Å². The molecule has 1 aromatic heterocycles. The van der Waals surface area contributed by atoms with Gasteiger partial charge in [-0.05, 0) is 75.2 Å². The molecule has 0 aliphatic carbocycles. The van der Waals surface area contributed by atoms with E-state index in [0.29, 0.717) is 38.5 Å². The van der Waals surface area contributed by atoms with Crippen molar-refractivity contribution in [3.05, 3.63) is 70.6 Å². The lowest BCUT2D eigenvalue weighted by molar-refractivity contribution is 0.146. The number of carbonyl (C=O) groups excluding carboxylic acids is 2. The molecule has 0 aliphatic rings. The number of azo groups is 1. The van der Waals surface area contributed by atoms with E-state index >= 15 is 0 Å². The van der Waals surface area contributed by atoms with Crippen molar-refractivity contribution < 1.29 is 23.8 Å². The van der Waals surface area contributed by atoms with E-state index in [1.54, 1.807) is 14.0 Å². The van der Waals surface area contributed by atoms with E-state index in [4.69, 9.17) is 14.2 Å². The second-order valence-electron chi connectivity index (χ2n) is 10.2. The van der Waals surface area contributed by atoms with Crippen molar-refractivity contribution in [1.82, 2.24) is 20.6 Å². The third kappa shape index (κ3) is 13.8. The number of amides is 3. The first kappa shape index (κ1) is 35.5. The van der Waals surface area contributed by atoms with Gasteiger partial charge in [-0.25, -0.2) is 14.6 Å².